The number of sulfonamides is 1. The maximum absolute atomic E-state index is 12.7. The summed E-state index contributed by atoms with van der Waals surface area (Å²) in [5.74, 6) is 0. The number of aliphatic hydroxyl groups excluding tert-OH is 1. The van der Waals surface area contributed by atoms with Crippen LogP contribution in [0.1, 0.15) is 38.2 Å². The van der Waals surface area contributed by atoms with Gasteiger partial charge in [0.25, 0.3) is 0 Å². The monoisotopic (exact) mass is 353 g/mol. The molecule has 1 rings (SSSR count). The third kappa shape index (κ3) is 5.78. The van der Waals surface area contributed by atoms with Gasteiger partial charge in [0.2, 0.25) is 10.0 Å². The van der Waals surface area contributed by atoms with Gasteiger partial charge in [0.1, 0.15) is 0 Å². The Hall–Kier alpha value is -1.12. The average Bonchev–Trinajstić information content (AvgIpc) is 2.50. The molecule has 0 fully saturated rings. The summed E-state index contributed by atoms with van der Waals surface area (Å²) in [6, 6.07) is 3.80. The maximum Gasteiger partial charge on any atom is 0.416 e. The van der Waals surface area contributed by atoms with Gasteiger partial charge in [-0.3, -0.25) is 0 Å². The molecule has 1 N–H and O–H groups in total. The van der Waals surface area contributed by atoms with Crippen LogP contribution in [0.25, 0.3) is 0 Å². The van der Waals surface area contributed by atoms with Gasteiger partial charge in [-0.2, -0.15) is 17.5 Å². The second-order valence-corrected chi connectivity index (χ2v) is 7.10. The lowest BCUT2D eigenvalue weighted by Crippen LogP contribution is -2.32. The molecule has 1 aromatic rings. The number of halogens is 3. The van der Waals surface area contributed by atoms with Crippen molar-refractivity contribution in [3.63, 3.8) is 0 Å². The largest absolute Gasteiger partial charge is 0.416 e. The van der Waals surface area contributed by atoms with Crippen molar-refractivity contribution in [2.75, 3.05) is 19.7 Å². The Kier molecular flexibility index (Phi) is 7.50. The van der Waals surface area contributed by atoms with Crippen LogP contribution in [0.2, 0.25) is 0 Å². The number of alkyl halides is 3. The van der Waals surface area contributed by atoms with Gasteiger partial charge in [0.05, 0.1) is 10.5 Å². The average molecular weight is 353 g/mol. The lowest BCUT2D eigenvalue weighted by atomic mass is 10.2. The van der Waals surface area contributed by atoms with Crippen LogP contribution in [0.3, 0.4) is 0 Å². The number of rotatable bonds is 9. The van der Waals surface area contributed by atoms with Gasteiger partial charge in [0, 0.05) is 19.7 Å². The van der Waals surface area contributed by atoms with Gasteiger partial charge in [-0.25, -0.2) is 8.42 Å². The fourth-order valence-electron chi connectivity index (χ4n) is 2.18. The van der Waals surface area contributed by atoms with Crippen LogP contribution in [0.15, 0.2) is 29.2 Å². The standard InChI is InChI=1S/C15H22F3NO3S/c1-2-19(10-5-3-4-6-11-20)23(21,22)14-9-7-8-13(12-14)15(16,17)18/h7-9,12,20H,2-6,10-11H2,1H3. The molecule has 4 nitrogen and oxygen atoms in total. The lowest BCUT2D eigenvalue weighted by molar-refractivity contribution is -0.137. The van der Waals surface area contributed by atoms with Crippen LogP contribution < -0.4 is 0 Å². The molecule has 0 heterocycles. The highest BCUT2D eigenvalue weighted by atomic mass is 32.2. The summed E-state index contributed by atoms with van der Waals surface area (Å²) in [6.45, 7) is 2.19. The molecule has 0 aliphatic heterocycles. The van der Waals surface area contributed by atoms with Gasteiger partial charge in [-0.15, -0.1) is 0 Å². The third-order valence-electron chi connectivity index (χ3n) is 3.47. The van der Waals surface area contributed by atoms with Crippen molar-refractivity contribution in [2.45, 2.75) is 43.7 Å². The number of benzene rings is 1. The van der Waals surface area contributed by atoms with Crippen molar-refractivity contribution < 1.29 is 26.7 Å². The Morgan fingerprint density at radius 2 is 1.78 bits per heavy atom. The molecule has 0 aromatic heterocycles. The quantitative estimate of drug-likeness (QED) is 0.693. The van der Waals surface area contributed by atoms with Crippen LogP contribution in [0.4, 0.5) is 13.2 Å². The van der Waals surface area contributed by atoms with Crippen molar-refractivity contribution in [3.05, 3.63) is 29.8 Å². The van der Waals surface area contributed by atoms with E-state index in [0.717, 1.165) is 25.0 Å². The van der Waals surface area contributed by atoms with Crippen molar-refractivity contribution in [3.8, 4) is 0 Å². The molecule has 0 aliphatic carbocycles. The van der Waals surface area contributed by atoms with E-state index in [2.05, 4.69) is 0 Å². The van der Waals surface area contributed by atoms with Crippen molar-refractivity contribution in [1.82, 2.24) is 4.31 Å². The van der Waals surface area contributed by atoms with E-state index in [4.69, 9.17) is 5.11 Å². The maximum atomic E-state index is 12.7. The van der Waals surface area contributed by atoms with Crippen molar-refractivity contribution in [2.24, 2.45) is 0 Å². The van der Waals surface area contributed by atoms with E-state index in [-0.39, 0.29) is 24.6 Å². The van der Waals surface area contributed by atoms with Crippen molar-refractivity contribution >= 4 is 10.0 Å². The fraction of sp³-hybridized carbons (Fsp3) is 0.600. The molecule has 0 spiro atoms. The first-order valence-corrected chi connectivity index (χ1v) is 8.95. The molecule has 0 radical (unpaired) electrons. The highest BCUT2D eigenvalue weighted by molar-refractivity contribution is 7.89. The van der Waals surface area contributed by atoms with Gasteiger partial charge in [-0.1, -0.05) is 25.8 Å². The zero-order valence-corrected chi connectivity index (χ0v) is 13.8. The molecule has 1 aromatic carbocycles. The highest BCUT2D eigenvalue weighted by Crippen LogP contribution is 2.31. The number of hydrogen-bond acceptors (Lipinski definition) is 3. The SMILES string of the molecule is CCN(CCCCCCO)S(=O)(=O)c1cccc(C(F)(F)F)c1. The van der Waals surface area contributed by atoms with Crippen molar-refractivity contribution in [1.29, 1.82) is 0 Å². The van der Waals surface area contributed by atoms with E-state index in [1.54, 1.807) is 6.92 Å². The molecule has 0 bridgehead atoms. The molecule has 0 atom stereocenters. The van der Waals surface area contributed by atoms with Gasteiger partial charge >= 0.3 is 6.18 Å². The smallest absolute Gasteiger partial charge is 0.396 e. The normalized spacial score (nSPS) is 12.8. The molecular weight excluding hydrogens is 331 g/mol. The van der Waals surface area contributed by atoms with Gasteiger partial charge in [-0.05, 0) is 31.0 Å². The predicted molar refractivity (Wildman–Crippen MR) is 81.4 cm³/mol. The highest BCUT2D eigenvalue weighted by Gasteiger charge is 2.32. The van der Waals surface area contributed by atoms with E-state index in [0.29, 0.717) is 18.9 Å². The summed E-state index contributed by atoms with van der Waals surface area (Å²) in [5.41, 5.74) is -0.974. The fourth-order valence-corrected chi connectivity index (χ4v) is 3.72. The molecule has 0 amide bonds. The minimum atomic E-state index is -4.58. The minimum absolute atomic E-state index is 0.0972. The summed E-state index contributed by atoms with van der Waals surface area (Å²) in [5, 5.41) is 8.69. The number of aliphatic hydroxyl groups is 1. The molecule has 132 valence electrons. The van der Waals surface area contributed by atoms with E-state index in [9.17, 15) is 21.6 Å². The molecule has 8 heteroatoms. The topological polar surface area (TPSA) is 57.6 Å². The number of unbranched alkanes of at least 4 members (excludes halogenated alkanes) is 3. The first-order chi connectivity index (χ1) is 10.7. The van der Waals surface area contributed by atoms with Crippen LogP contribution in [-0.4, -0.2) is 37.5 Å². The Morgan fingerprint density at radius 3 is 2.35 bits per heavy atom. The van der Waals surface area contributed by atoms with E-state index < -0.39 is 21.8 Å². The first-order valence-electron chi connectivity index (χ1n) is 7.51. The Balaban J connectivity index is 2.86. The van der Waals surface area contributed by atoms with E-state index >= 15 is 0 Å². The zero-order valence-electron chi connectivity index (χ0n) is 13.0. The predicted octanol–water partition coefficient (Wildman–Crippen LogP) is 3.27. The second-order valence-electron chi connectivity index (χ2n) is 5.16. The molecular formula is C15H22F3NO3S. The number of hydrogen-bond donors (Lipinski definition) is 1. The Bertz CT molecular complexity index is 588. The van der Waals surface area contributed by atoms with Crippen LogP contribution in [0.5, 0.6) is 0 Å². The first kappa shape index (κ1) is 19.9. The Labute approximate surface area is 135 Å². The summed E-state index contributed by atoms with van der Waals surface area (Å²) >= 11 is 0. The molecule has 0 aliphatic rings. The van der Waals surface area contributed by atoms with Crippen LogP contribution in [0, 0.1) is 0 Å². The molecule has 0 saturated heterocycles. The molecule has 23 heavy (non-hydrogen) atoms. The zero-order chi connectivity index (χ0) is 17.5. The second kappa shape index (κ2) is 8.65. The summed E-state index contributed by atoms with van der Waals surface area (Å²) in [6.07, 6.45) is -1.77. The summed E-state index contributed by atoms with van der Waals surface area (Å²) in [7, 11) is -3.94. The van der Waals surface area contributed by atoms with Gasteiger partial charge in [0.15, 0.2) is 0 Å². The third-order valence-corrected chi connectivity index (χ3v) is 5.44. The van der Waals surface area contributed by atoms with Crippen LogP contribution in [-0.2, 0) is 16.2 Å². The van der Waals surface area contributed by atoms with Crippen LogP contribution >= 0.6 is 0 Å². The van der Waals surface area contributed by atoms with E-state index in [1.165, 1.54) is 10.4 Å². The molecule has 0 saturated carbocycles. The minimum Gasteiger partial charge on any atom is -0.396 e. The Morgan fingerprint density at radius 1 is 1.13 bits per heavy atom. The number of nitrogens with zero attached hydrogens (tertiary/aromatic N) is 1. The molecule has 0 unspecified atom stereocenters. The van der Waals surface area contributed by atoms with E-state index in [1.807, 2.05) is 0 Å². The van der Waals surface area contributed by atoms with Gasteiger partial charge < -0.3 is 5.11 Å². The lowest BCUT2D eigenvalue weighted by Gasteiger charge is -2.21. The summed E-state index contributed by atoms with van der Waals surface area (Å²) < 4.78 is 64.3. The summed E-state index contributed by atoms with van der Waals surface area (Å²) in [4.78, 5) is -0.343.